The number of hydrogen-bond donors (Lipinski definition) is 2. The van der Waals surface area contributed by atoms with E-state index in [0.717, 1.165) is 16.8 Å². The van der Waals surface area contributed by atoms with E-state index in [1.807, 2.05) is 43.3 Å². The summed E-state index contributed by atoms with van der Waals surface area (Å²) < 4.78 is 0. The molecule has 0 bridgehead atoms. The van der Waals surface area contributed by atoms with E-state index in [1.165, 1.54) is 0 Å². The van der Waals surface area contributed by atoms with Gasteiger partial charge in [-0.1, -0.05) is 74.5 Å². The van der Waals surface area contributed by atoms with Crippen LogP contribution in [0.5, 0.6) is 0 Å². The third-order valence-corrected chi connectivity index (χ3v) is 4.38. The number of nitrogens with two attached hydrogens (primary N) is 1. The average Bonchev–Trinajstić information content (AvgIpc) is 2.57. The predicted octanol–water partition coefficient (Wildman–Crippen LogP) is 4.84. The second-order valence-corrected chi connectivity index (χ2v) is 5.51. The zero-order valence-corrected chi connectivity index (χ0v) is 15.3. The molecule has 0 aliphatic heterocycles. The lowest BCUT2D eigenvalue weighted by Crippen LogP contribution is -2.45. The molecule has 0 aromatic heterocycles. The highest BCUT2D eigenvalue weighted by atomic mass is 35.5. The molecule has 0 saturated heterocycles. The quantitative estimate of drug-likeness (QED) is 0.717. The van der Waals surface area contributed by atoms with E-state index in [1.54, 1.807) is 0 Å². The fraction of sp³-hybridized carbons (Fsp3) is 0.316. The molecule has 0 radical (unpaired) electrons. The minimum Gasteiger partial charge on any atom is -0.330 e. The van der Waals surface area contributed by atoms with E-state index in [9.17, 15) is 0 Å². The Morgan fingerprint density at radius 3 is 1.65 bits per heavy atom. The topological polar surface area (TPSA) is 49.9 Å². The fourth-order valence-corrected chi connectivity index (χ4v) is 3.24. The first-order chi connectivity index (χ1) is 10.2. The van der Waals surface area contributed by atoms with Crippen LogP contribution < -0.4 is 5.73 Å². The highest BCUT2D eigenvalue weighted by molar-refractivity contribution is 5.96. The van der Waals surface area contributed by atoms with Gasteiger partial charge in [-0.3, -0.25) is 0 Å². The standard InChI is InChI=1S/C19H24N2.2ClH/c1-3-18(21)19(15(2)14-20,16-10-6-4-7-11-16)17-12-8-5-9-13-17;;/h4-13,15,21H,3,14,20H2,1-2H3;2*1H. The van der Waals surface area contributed by atoms with Crippen molar-refractivity contribution < 1.29 is 0 Å². The van der Waals surface area contributed by atoms with Crippen molar-refractivity contribution in [3.63, 3.8) is 0 Å². The third kappa shape index (κ3) is 3.95. The van der Waals surface area contributed by atoms with Gasteiger partial charge in [-0.25, -0.2) is 0 Å². The molecule has 0 fully saturated rings. The Kier molecular flexibility index (Phi) is 9.14. The Morgan fingerprint density at radius 1 is 0.957 bits per heavy atom. The van der Waals surface area contributed by atoms with Gasteiger partial charge in [-0.05, 0) is 30.0 Å². The summed E-state index contributed by atoms with van der Waals surface area (Å²) in [4.78, 5) is 0. The second kappa shape index (κ2) is 9.71. The van der Waals surface area contributed by atoms with Gasteiger partial charge >= 0.3 is 0 Å². The van der Waals surface area contributed by atoms with Gasteiger partial charge < -0.3 is 11.1 Å². The highest BCUT2D eigenvalue weighted by Crippen LogP contribution is 2.40. The van der Waals surface area contributed by atoms with E-state index in [-0.39, 0.29) is 30.7 Å². The monoisotopic (exact) mass is 352 g/mol. The summed E-state index contributed by atoms with van der Waals surface area (Å²) in [6.07, 6.45) is 0.716. The van der Waals surface area contributed by atoms with Crippen molar-refractivity contribution in [2.24, 2.45) is 11.7 Å². The number of halogens is 2. The molecule has 126 valence electrons. The van der Waals surface area contributed by atoms with Crippen LogP contribution in [-0.2, 0) is 5.41 Å². The number of rotatable bonds is 6. The van der Waals surface area contributed by atoms with Gasteiger partial charge in [0.2, 0.25) is 0 Å². The molecule has 2 nitrogen and oxygen atoms in total. The molecule has 1 atom stereocenters. The Bertz CT molecular complexity index is 545. The van der Waals surface area contributed by atoms with Crippen molar-refractivity contribution in [2.75, 3.05) is 6.54 Å². The molecule has 23 heavy (non-hydrogen) atoms. The van der Waals surface area contributed by atoms with Crippen LogP contribution in [0, 0.1) is 11.3 Å². The summed E-state index contributed by atoms with van der Waals surface area (Å²) in [5, 5.41) is 8.70. The van der Waals surface area contributed by atoms with Crippen molar-refractivity contribution in [1.29, 1.82) is 5.41 Å². The summed E-state index contributed by atoms with van der Waals surface area (Å²) in [6.45, 7) is 4.74. The van der Waals surface area contributed by atoms with Crippen LogP contribution >= 0.6 is 24.8 Å². The predicted molar refractivity (Wildman–Crippen MR) is 104 cm³/mol. The lowest BCUT2D eigenvalue weighted by molar-refractivity contribution is 0.445. The third-order valence-electron chi connectivity index (χ3n) is 4.38. The first-order valence-corrected chi connectivity index (χ1v) is 7.56. The van der Waals surface area contributed by atoms with Crippen LogP contribution in [0.3, 0.4) is 0 Å². The molecule has 3 N–H and O–H groups in total. The molecule has 0 saturated carbocycles. The molecule has 4 heteroatoms. The van der Waals surface area contributed by atoms with E-state index in [4.69, 9.17) is 11.1 Å². The van der Waals surface area contributed by atoms with Crippen LogP contribution in [-0.4, -0.2) is 12.3 Å². The van der Waals surface area contributed by atoms with E-state index >= 15 is 0 Å². The number of benzene rings is 2. The Balaban J connectivity index is 0.00000242. The van der Waals surface area contributed by atoms with Gasteiger partial charge in [0.15, 0.2) is 0 Å². The SMILES string of the molecule is CCC(=N)C(c1ccccc1)(c1ccccc1)C(C)CN.Cl.Cl. The molecular weight excluding hydrogens is 327 g/mol. The van der Waals surface area contributed by atoms with Crippen molar-refractivity contribution >= 4 is 30.5 Å². The van der Waals surface area contributed by atoms with Crippen molar-refractivity contribution in [3.05, 3.63) is 71.8 Å². The molecule has 0 amide bonds. The summed E-state index contributed by atoms with van der Waals surface area (Å²) in [5.74, 6) is 0.162. The van der Waals surface area contributed by atoms with Crippen molar-refractivity contribution in [1.82, 2.24) is 0 Å². The van der Waals surface area contributed by atoms with Gasteiger partial charge in [-0.2, -0.15) is 0 Å². The molecular formula is C19H26Cl2N2. The summed E-state index contributed by atoms with van der Waals surface area (Å²) in [6, 6.07) is 20.7. The summed E-state index contributed by atoms with van der Waals surface area (Å²) >= 11 is 0. The molecule has 0 aliphatic rings. The van der Waals surface area contributed by atoms with Gasteiger partial charge in [-0.15, -0.1) is 24.8 Å². The molecule has 0 aliphatic carbocycles. The summed E-state index contributed by atoms with van der Waals surface area (Å²) in [5.41, 5.74) is 8.62. The Morgan fingerprint density at radius 2 is 1.35 bits per heavy atom. The van der Waals surface area contributed by atoms with Gasteiger partial charge in [0.25, 0.3) is 0 Å². The van der Waals surface area contributed by atoms with Gasteiger partial charge in [0.1, 0.15) is 0 Å². The average molecular weight is 353 g/mol. The minimum absolute atomic E-state index is 0. The van der Waals surface area contributed by atoms with Crippen LogP contribution in [0.25, 0.3) is 0 Å². The molecule has 1 unspecified atom stereocenters. The molecule has 0 heterocycles. The van der Waals surface area contributed by atoms with Crippen LogP contribution in [0.4, 0.5) is 0 Å². The molecule has 0 spiro atoms. The fourth-order valence-electron chi connectivity index (χ4n) is 3.24. The maximum absolute atomic E-state index is 8.70. The van der Waals surface area contributed by atoms with Crippen LogP contribution in [0.15, 0.2) is 60.7 Å². The van der Waals surface area contributed by atoms with Crippen molar-refractivity contribution in [2.45, 2.75) is 25.7 Å². The lowest BCUT2D eigenvalue weighted by atomic mass is 9.62. The zero-order valence-electron chi connectivity index (χ0n) is 13.7. The number of nitrogens with one attached hydrogen (secondary N) is 1. The first kappa shape index (κ1) is 21.6. The lowest BCUT2D eigenvalue weighted by Gasteiger charge is -2.40. The molecule has 2 rings (SSSR count). The maximum Gasteiger partial charge on any atom is 0.0614 e. The number of hydrogen-bond acceptors (Lipinski definition) is 2. The second-order valence-electron chi connectivity index (χ2n) is 5.51. The van der Waals surface area contributed by atoms with E-state index in [0.29, 0.717) is 13.0 Å². The highest BCUT2D eigenvalue weighted by Gasteiger charge is 2.42. The van der Waals surface area contributed by atoms with Gasteiger partial charge in [0, 0.05) is 5.71 Å². The Labute approximate surface area is 151 Å². The largest absolute Gasteiger partial charge is 0.330 e. The molecule has 2 aromatic carbocycles. The minimum atomic E-state index is -0.438. The van der Waals surface area contributed by atoms with Crippen molar-refractivity contribution in [3.8, 4) is 0 Å². The zero-order chi connectivity index (χ0) is 15.3. The summed E-state index contributed by atoms with van der Waals surface area (Å²) in [7, 11) is 0. The molecule has 2 aromatic rings. The smallest absolute Gasteiger partial charge is 0.0614 e. The van der Waals surface area contributed by atoms with E-state index in [2.05, 4.69) is 31.2 Å². The van der Waals surface area contributed by atoms with Crippen LogP contribution in [0.1, 0.15) is 31.4 Å². The van der Waals surface area contributed by atoms with Crippen LogP contribution in [0.2, 0.25) is 0 Å². The normalized spacial score (nSPS) is 11.8. The Hall–Kier alpha value is -1.35. The maximum atomic E-state index is 8.70. The van der Waals surface area contributed by atoms with E-state index < -0.39 is 5.41 Å². The first-order valence-electron chi connectivity index (χ1n) is 7.56. The van der Waals surface area contributed by atoms with Gasteiger partial charge in [0.05, 0.1) is 5.41 Å².